The van der Waals surface area contributed by atoms with Crippen LogP contribution < -0.4 is 0 Å². The number of ether oxygens (including phenoxy) is 1. The highest BCUT2D eigenvalue weighted by molar-refractivity contribution is 5.87. The number of carbonyl (C=O) groups excluding carboxylic acids is 1. The van der Waals surface area contributed by atoms with Crippen LogP contribution in [0.2, 0.25) is 0 Å². The van der Waals surface area contributed by atoms with E-state index in [9.17, 15) is 9.59 Å². The first-order chi connectivity index (χ1) is 7.63. The van der Waals surface area contributed by atoms with Gasteiger partial charge < -0.3 is 9.84 Å². The SMILES string of the molecule is CCOC(=O)c1cccc(CCC(=O)O)n1. The molecule has 0 aliphatic carbocycles. The molecular weight excluding hydrogens is 210 g/mol. The molecule has 0 spiro atoms. The average Bonchev–Trinajstić information content (AvgIpc) is 2.27. The molecular formula is C11H13NO4. The van der Waals surface area contributed by atoms with Gasteiger partial charge >= 0.3 is 11.9 Å². The van der Waals surface area contributed by atoms with Crippen molar-refractivity contribution in [1.82, 2.24) is 4.98 Å². The molecule has 1 rings (SSSR count). The van der Waals surface area contributed by atoms with Crippen molar-refractivity contribution < 1.29 is 19.4 Å². The maximum Gasteiger partial charge on any atom is 0.356 e. The fraction of sp³-hybridized carbons (Fsp3) is 0.364. The average molecular weight is 223 g/mol. The topological polar surface area (TPSA) is 76.5 Å². The first-order valence-electron chi connectivity index (χ1n) is 4.98. The number of aromatic nitrogens is 1. The maximum atomic E-state index is 11.3. The van der Waals surface area contributed by atoms with Crippen LogP contribution >= 0.6 is 0 Å². The third-order valence-electron chi connectivity index (χ3n) is 1.89. The number of rotatable bonds is 5. The van der Waals surface area contributed by atoms with Gasteiger partial charge in [0.2, 0.25) is 0 Å². The molecule has 0 unspecified atom stereocenters. The zero-order chi connectivity index (χ0) is 12.0. The molecule has 1 aromatic heterocycles. The second-order valence-corrected chi connectivity index (χ2v) is 3.13. The Labute approximate surface area is 93.1 Å². The molecule has 0 saturated heterocycles. The predicted octanol–water partition coefficient (Wildman–Crippen LogP) is 1.28. The van der Waals surface area contributed by atoms with Crippen molar-refractivity contribution in [1.29, 1.82) is 0 Å². The minimum Gasteiger partial charge on any atom is -0.481 e. The third kappa shape index (κ3) is 3.68. The molecule has 0 fully saturated rings. The van der Waals surface area contributed by atoms with Crippen LogP contribution in [0.1, 0.15) is 29.5 Å². The Morgan fingerprint density at radius 2 is 2.19 bits per heavy atom. The number of nitrogens with zero attached hydrogens (tertiary/aromatic N) is 1. The van der Waals surface area contributed by atoms with E-state index in [4.69, 9.17) is 9.84 Å². The predicted molar refractivity (Wildman–Crippen MR) is 56.2 cm³/mol. The van der Waals surface area contributed by atoms with Crippen molar-refractivity contribution in [3.8, 4) is 0 Å². The van der Waals surface area contributed by atoms with Crippen LogP contribution in [-0.2, 0) is 16.0 Å². The summed E-state index contributed by atoms with van der Waals surface area (Å²) in [7, 11) is 0. The highest BCUT2D eigenvalue weighted by Crippen LogP contribution is 2.04. The van der Waals surface area contributed by atoms with Gasteiger partial charge in [0.05, 0.1) is 13.0 Å². The fourth-order valence-corrected chi connectivity index (χ4v) is 1.17. The van der Waals surface area contributed by atoms with Gasteiger partial charge in [-0.3, -0.25) is 4.79 Å². The van der Waals surface area contributed by atoms with Gasteiger partial charge in [0.1, 0.15) is 5.69 Å². The summed E-state index contributed by atoms with van der Waals surface area (Å²) in [4.78, 5) is 25.7. The second kappa shape index (κ2) is 5.85. The lowest BCUT2D eigenvalue weighted by Gasteiger charge is -2.03. The first-order valence-corrected chi connectivity index (χ1v) is 4.98. The van der Waals surface area contributed by atoms with Gasteiger partial charge in [-0.2, -0.15) is 0 Å². The number of carbonyl (C=O) groups is 2. The van der Waals surface area contributed by atoms with Gasteiger partial charge in [-0.15, -0.1) is 0 Å². The Morgan fingerprint density at radius 3 is 2.81 bits per heavy atom. The summed E-state index contributed by atoms with van der Waals surface area (Å²) in [5.41, 5.74) is 0.790. The lowest BCUT2D eigenvalue weighted by Crippen LogP contribution is -2.08. The van der Waals surface area contributed by atoms with E-state index >= 15 is 0 Å². The van der Waals surface area contributed by atoms with Crippen molar-refractivity contribution in [2.45, 2.75) is 19.8 Å². The third-order valence-corrected chi connectivity index (χ3v) is 1.89. The van der Waals surface area contributed by atoms with Crippen molar-refractivity contribution in [3.63, 3.8) is 0 Å². The highest BCUT2D eigenvalue weighted by atomic mass is 16.5. The Hall–Kier alpha value is -1.91. The molecule has 0 aromatic carbocycles. The standard InChI is InChI=1S/C11H13NO4/c1-2-16-11(15)9-5-3-4-8(12-9)6-7-10(13)14/h3-5H,2,6-7H2,1H3,(H,13,14). The summed E-state index contributed by atoms with van der Waals surface area (Å²) in [6, 6.07) is 4.89. The smallest absolute Gasteiger partial charge is 0.356 e. The van der Waals surface area contributed by atoms with Crippen LogP contribution in [0.25, 0.3) is 0 Å². The number of hydrogen-bond donors (Lipinski definition) is 1. The summed E-state index contributed by atoms with van der Waals surface area (Å²) in [5.74, 6) is -1.37. The number of aryl methyl sites for hydroxylation is 1. The van der Waals surface area contributed by atoms with E-state index in [-0.39, 0.29) is 12.1 Å². The van der Waals surface area contributed by atoms with Gasteiger partial charge in [0, 0.05) is 12.1 Å². The van der Waals surface area contributed by atoms with Crippen LogP contribution in [-0.4, -0.2) is 28.6 Å². The fourth-order valence-electron chi connectivity index (χ4n) is 1.17. The minimum absolute atomic E-state index is 0.000716. The van der Waals surface area contributed by atoms with Crippen LogP contribution in [0.15, 0.2) is 18.2 Å². The van der Waals surface area contributed by atoms with Gasteiger partial charge in [0.25, 0.3) is 0 Å². The molecule has 0 saturated carbocycles. The van der Waals surface area contributed by atoms with Crippen LogP contribution in [0.5, 0.6) is 0 Å². The molecule has 0 aliphatic rings. The van der Waals surface area contributed by atoms with Crippen LogP contribution in [0.4, 0.5) is 0 Å². The van der Waals surface area contributed by atoms with E-state index in [1.54, 1.807) is 25.1 Å². The number of pyridine rings is 1. The maximum absolute atomic E-state index is 11.3. The van der Waals surface area contributed by atoms with Gasteiger partial charge in [0.15, 0.2) is 0 Å². The summed E-state index contributed by atoms with van der Waals surface area (Å²) in [6.07, 6.45) is 0.307. The van der Waals surface area contributed by atoms with Crippen molar-refractivity contribution in [2.75, 3.05) is 6.61 Å². The molecule has 0 atom stereocenters. The minimum atomic E-state index is -0.886. The Balaban J connectivity index is 2.70. The van der Waals surface area contributed by atoms with E-state index in [0.717, 1.165) is 0 Å². The van der Waals surface area contributed by atoms with Crippen molar-refractivity contribution >= 4 is 11.9 Å². The highest BCUT2D eigenvalue weighted by Gasteiger charge is 2.09. The normalized spacial score (nSPS) is 9.81. The molecule has 86 valence electrons. The lowest BCUT2D eigenvalue weighted by atomic mass is 10.2. The van der Waals surface area contributed by atoms with Crippen molar-refractivity contribution in [3.05, 3.63) is 29.6 Å². The molecule has 0 bridgehead atoms. The quantitative estimate of drug-likeness (QED) is 0.761. The molecule has 1 N–H and O–H groups in total. The Kier molecular flexibility index (Phi) is 4.44. The number of carboxylic acids is 1. The summed E-state index contributed by atoms with van der Waals surface area (Å²) < 4.78 is 4.79. The van der Waals surface area contributed by atoms with E-state index in [0.29, 0.717) is 18.7 Å². The van der Waals surface area contributed by atoms with Crippen LogP contribution in [0, 0.1) is 0 Å². The lowest BCUT2D eigenvalue weighted by molar-refractivity contribution is -0.136. The van der Waals surface area contributed by atoms with E-state index in [2.05, 4.69) is 4.98 Å². The summed E-state index contributed by atoms with van der Waals surface area (Å²) >= 11 is 0. The second-order valence-electron chi connectivity index (χ2n) is 3.13. The molecule has 16 heavy (non-hydrogen) atoms. The first kappa shape index (κ1) is 12.2. The van der Waals surface area contributed by atoms with Gasteiger partial charge in [-0.25, -0.2) is 9.78 Å². The monoisotopic (exact) mass is 223 g/mol. The zero-order valence-corrected chi connectivity index (χ0v) is 8.97. The Bertz CT molecular complexity index is 389. The van der Waals surface area contributed by atoms with Gasteiger partial charge in [-0.1, -0.05) is 6.07 Å². The molecule has 1 heterocycles. The molecule has 0 amide bonds. The van der Waals surface area contributed by atoms with Gasteiger partial charge in [-0.05, 0) is 19.1 Å². The number of esters is 1. The largest absolute Gasteiger partial charge is 0.481 e. The zero-order valence-electron chi connectivity index (χ0n) is 8.97. The van der Waals surface area contributed by atoms with E-state index in [1.807, 2.05) is 0 Å². The number of hydrogen-bond acceptors (Lipinski definition) is 4. The number of carboxylic acid groups (broad SMARTS) is 1. The molecule has 0 aliphatic heterocycles. The summed E-state index contributed by atoms with van der Waals surface area (Å²) in [5, 5.41) is 8.52. The Morgan fingerprint density at radius 1 is 1.44 bits per heavy atom. The number of aliphatic carboxylic acids is 1. The molecule has 5 nitrogen and oxygen atoms in total. The van der Waals surface area contributed by atoms with Crippen LogP contribution in [0.3, 0.4) is 0 Å². The summed E-state index contributed by atoms with van der Waals surface area (Å²) in [6.45, 7) is 2.01. The van der Waals surface area contributed by atoms with E-state index in [1.165, 1.54) is 0 Å². The van der Waals surface area contributed by atoms with Crippen molar-refractivity contribution in [2.24, 2.45) is 0 Å². The molecule has 0 radical (unpaired) electrons. The van der Waals surface area contributed by atoms with E-state index < -0.39 is 11.9 Å². The molecule has 1 aromatic rings. The molecule has 5 heteroatoms.